The summed E-state index contributed by atoms with van der Waals surface area (Å²) in [5, 5.41) is 23.9. The highest BCUT2D eigenvalue weighted by Gasteiger charge is 2.24. The predicted molar refractivity (Wildman–Crippen MR) is 177 cm³/mol. The van der Waals surface area contributed by atoms with Crippen molar-refractivity contribution in [3.8, 4) is 11.1 Å². The van der Waals surface area contributed by atoms with Gasteiger partial charge in [-0.2, -0.15) is 5.10 Å². The van der Waals surface area contributed by atoms with E-state index < -0.39 is 24.0 Å². The SMILES string of the molecule is CC(=O)c1nn(CC(=O)N(CC(=O)Nc2cccc(-c3ccccc3Cl)c2F)C(C)C)c2ccc(NC(O)Nc3cncnc3)cc12. The van der Waals surface area contributed by atoms with Crippen LogP contribution in [0.2, 0.25) is 5.02 Å². The molecule has 2 amide bonds. The number of carbonyl (C=O) groups excluding carboxylic acids is 3. The standard InChI is InChI=1S/C33H32ClFN8O4/c1-19(2)42(16-29(45)40-27-10-6-8-24(31(27)35)23-7-4-5-9-26(23)34)30(46)17-43-28-12-11-21(13-25(28)32(41-43)20(3)44)38-33(47)39-22-14-36-18-37-15-22/h4-15,18-19,33,38-39,47H,16-17H2,1-3H3,(H,40,45). The number of aliphatic hydroxyl groups excluding tert-OH is 1. The number of halogens is 2. The fraction of sp³-hybridized carbons (Fsp3) is 0.212. The van der Waals surface area contributed by atoms with E-state index in [4.69, 9.17) is 11.6 Å². The van der Waals surface area contributed by atoms with Crippen LogP contribution in [0.5, 0.6) is 0 Å². The molecule has 5 rings (SSSR count). The van der Waals surface area contributed by atoms with E-state index in [1.54, 1.807) is 68.4 Å². The molecule has 0 fully saturated rings. The number of ketones is 1. The predicted octanol–water partition coefficient (Wildman–Crippen LogP) is 5.16. The van der Waals surface area contributed by atoms with Gasteiger partial charge in [0.25, 0.3) is 0 Å². The molecular weight excluding hydrogens is 627 g/mol. The largest absolute Gasteiger partial charge is 0.357 e. The number of nitrogens with one attached hydrogen (secondary N) is 3. The van der Waals surface area contributed by atoms with Gasteiger partial charge < -0.3 is 26.0 Å². The van der Waals surface area contributed by atoms with E-state index in [1.807, 2.05) is 0 Å². The van der Waals surface area contributed by atoms with Gasteiger partial charge in [0.2, 0.25) is 18.2 Å². The van der Waals surface area contributed by atoms with Crippen molar-refractivity contribution in [1.82, 2.24) is 24.6 Å². The number of rotatable bonds is 12. The van der Waals surface area contributed by atoms with E-state index in [1.165, 1.54) is 41.3 Å². The first kappa shape index (κ1) is 33.0. The molecule has 0 saturated heterocycles. The highest BCUT2D eigenvalue weighted by atomic mass is 35.5. The Balaban J connectivity index is 1.31. The first-order valence-corrected chi connectivity index (χ1v) is 15.0. The van der Waals surface area contributed by atoms with E-state index >= 15 is 4.39 Å². The average molecular weight is 659 g/mol. The van der Waals surface area contributed by atoms with Crippen LogP contribution in [0.15, 0.2) is 79.4 Å². The molecule has 0 bridgehead atoms. The van der Waals surface area contributed by atoms with Crippen molar-refractivity contribution < 1.29 is 23.9 Å². The van der Waals surface area contributed by atoms with Gasteiger partial charge in [-0.15, -0.1) is 0 Å². The molecule has 0 aliphatic heterocycles. The van der Waals surface area contributed by atoms with Gasteiger partial charge in [-0.3, -0.25) is 19.1 Å². The molecule has 2 aromatic heterocycles. The quantitative estimate of drug-likeness (QED) is 0.105. The number of anilines is 3. The van der Waals surface area contributed by atoms with Crippen LogP contribution in [0.3, 0.4) is 0 Å². The number of aliphatic hydroxyl groups is 1. The summed E-state index contributed by atoms with van der Waals surface area (Å²) < 4.78 is 16.8. The van der Waals surface area contributed by atoms with E-state index in [0.29, 0.717) is 32.9 Å². The van der Waals surface area contributed by atoms with Crippen molar-refractivity contribution in [3.05, 3.63) is 95.9 Å². The minimum atomic E-state index is -1.20. The Hall–Kier alpha value is -5.40. The van der Waals surface area contributed by atoms with Gasteiger partial charge in [0, 0.05) is 40.2 Å². The molecule has 5 aromatic rings. The third-order valence-electron chi connectivity index (χ3n) is 7.23. The maximum Gasteiger partial charge on any atom is 0.245 e. The lowest BCUT2D eigenvalue weighted by molar-refractivity contribution is -0.137. The molecular formula is C33H32ClFN8O4. The lowest BCUT2D eigenvalue weighted by Gasteiger charge is -2.26. The first-order valence-electron chi connectivity index (χ1n) is 14.6. The third kappa shape index (κ3) is 7.71. The van der Waals surface area contributed by atoms with Crippen LogP contribution in [0.25, 0.3) is 22.0 Å². The summed E-state index contributed by atoms with van der Waals surface area (Å²) in [6.45, 7) is 4.26. The Morgan fingerprint density at radius 1 is 0.979 bits per heavy atom. The molecule has 1 unspecified atom stereocenters. The Labute approximate surface area is 274 Å². The smallest absolute Gasteiger partial charge is 0.245 e. The second-order valence-electron chi connectivity index (χ2n) is 10.9. The molecule has 3 aromatic carbocycles. The van der Waals surface area contributed by atoms with Crippen molar-refractivity contribution in [2.75, 3.05) is 22.5 Å². The number of amides is 2. The van der Waals surface area contributed by atoms with Crippen LogP contribution in [-0.2, 0) is 16.1 Å². The van der Waals surface area contributed by atoms with Gasteiger partial charge in [-0.25, -0.2) is 14.4 Å². The number of Topliss-reactive ketones (excluding diaryl/α,β-unsaturated/α-hetero) is 1. The zero-order valence-corrected chi connectivity index (χ0v) is 26.5. The molecule has 0 radical (unpaired) electrons. The summed E-state index contributed by atoms with van der Waals surface area (Å²) in [6, 6.07) is 16.0. The van der Waals surface area contributed by atoms with Gasteiger partial charge in [0.1, 0.15) is 25.1 Å². The number of hydrogen-bond acceptors (Lipinski definition) is 9. The second kappa shape index (κ2) is 14.4. The Bertz CT molecular complexity index is 1940. The molecule has 47 heavy (non-hydrogen) atoms. The van der Waals surface area contributed by atoms with Gasteiger partial charge in [0.05, 0.1) is 29.3 Å². The number of carbonyl (C=O) groups is 3. The Kier molecular flexibility index (Phi) is 10.1. The summed E-state index contributed by atoms with van der Waals surface area (Å²) in [4.78, 5) is 48.3. The van der Waals surface area contributed by atoms with E-state index in [9.17, 15) is 19.5 Å². The summed E-state index contributed by atoms with van der Waals surface area (Å²) in [5.41, 5.74) is 2.27. The van der Waals surface area contributed by atoms with Gasteiger partial charge in [-0.05, 0) is 44.2 Å². The van der Waals surface area contributed by atoms with Crippen molar-refractivity contribution >= 4 is 57.2 Å². The van der Waals surface area contributed by atoms with Crippen LogP contribution < -0.4 is 16.0 Å². The van der Waals surface area contributed by atoms with Crippen LogP contribution in [0.1, 0.15) is 31.3 Å². The molecule has 0 spiro atoms. The highest BCUT2D eigenvalue weighted by Crippen LogP contribution is 2.32. The average Bonchev–Trinajstić information content (AvgIpc) is 3.39. The summed E-state index contributed by atoms with van der Waals surface area (Å²) >= 11 is 6.26. The lowest BCUT2D eigenvalue weighted by Crippen LogP contribution is -2.44. The number of hydrogen-bond donors (Lipinski definition) is 4. The Morgan fingerprint density at radius 3 is 2.38 bits per heavy atom. The van der Waals surface area contributed by atoms with Crippen molar-refractivity contribution in [1.29, 1.82) is 0 Å². The number of fused-ring (bicyclic) bond motifs is 1. The van der Waals surface area contributed by atoms with Crippen molar-refractivity contribution in [2.45, 2.75) is 39.7 Å². The minimum Gasteiger partial charge on any atom is -0.357 e. The van der Waals surface area contributed by atoms with Crippen molar-refractivity contribution in [2.24, 2.45) is 0 Å². The van der Waals surface area contributed by atoms with Crippen LogP contribution in [0.4, 0.5) is 21.5 Å². The van der Waals surface area contributed by atoms with Gasteiger partial charge in [0.15, 0.2) is 11.6 Å². The molecule has 14 heteroatoms. The molecule has 2 heterocycles. The third-order valence-corrected chi connectivity index (χ3v) is 7.56. The van der Waals surface area contributed by atoms with Crippen LogP contribution >= 0.6 is 11.6 Å². The monoisotopic (exact) mass is 658 g/mol. The van der Waals surface area contributed by atoms with Gasteiger partial charge >= 0.3 is 0 Å². The number of aromatic nitrogens is 4. The fourth-order valence-electron chi connectivity index (χ4n) is 5.01. The fourth-order valence-corrected chi connectivity index (χ4v) is 5.25. The summed E-state index contributed by atoms with van der Waals surface area (Å²) in [7, 11) is 0. The topological polar surface area (TPSA) is 154 Å². The van der Waals surface area contributed by atoms with Crippen LogP contribution in [-0.4, -0.2) is 66.3 Å². The van der Waals surface area contributed by atoms with Gasteiger partial charge in [-0.1, -0.05) is 41.9 Å². The van der Waals surface area contributed by atoms with E-state index in [2.05, 4.69) is 31.0 Å². The maximum atomic E-state index is 15.4. The lowest BCUT2D eigenvalue weighted by atomic mass is 10.0. The molecule has 0 aliphatic rings. The first-order chi connectivity index (χ1) is 22.5. The molecule has 12 nitrogen and oxygen atoms in total. The van der Waals surface area contributed by atoms with E-state index in [-0.39, 0.29) is 41.9 Å². The molecule has 4 N–H and O–H groups in total. The molecule has 242 valence electrons. The summed E-state index contributed by atoms with van der Waals surface area (Å²) in [5.74, 6) is -2.00. The number of benzene rings is 3. The minimum absolute atomic E-state index is 0.0467. The summed E-state index contributed by atoms with van der Waals surface area (Å²) in [6.07, 6.45) is 3.16. The van der Waals surface area contributed by atoms with E-state index in [0.717, 1.165) is 0 Å². The number of nitrogens with zero attached hydrogens (tertiary/aromatic N) is 5. The second-order valence-corrected chi connectivity index (χ2v) is 11.3. The normalized spacial score (nSPS) is 11.7. The zero-order valence-electron chi connectivity index (χ0n) is 25.7. The van der Waals surface area contributed by atoms with Crippen molar-refractivity contribution in [3.63, 3.8) is 0 Å². The maximum absolute atomic E-state index is 15.4. The molecule has 1 atom stereocenters. The molecule has 0 saturated carbocycles. The molecule has 0 aliphatic carbocycles. The zero-order chi connectivity index (χ0) is 33.7. The Morgan fingerprint density at radius 2 is 1.68 bits per heavy atom. The highest BCUT2D eigenvalue weighted by molar-refractivity contribution is 6.33. The van der Waals surface area contributed by atoms with Crippen LogP contribution in [0, 0.1) is 5.82 Å².